The standard InChI is InChI=1S/C19H17N3O2S/c1-23-15-9-3-2-8-14(15)22-18(16-10-6-12-24-16)17(21-19(22)25)13-7-4-5-11-20-13/h2-12,17-18H,1H3,(H,21,25)/t17-,18-/m1/s1. The Bertz CT molecular complexity index is 867. The number of rotatable bonds is 4. The summed E-state index contributed by atoms with van der Waals surface area (Å²) in [6, 6.07) is 17.2. The maximum Gasteiger partial charge on any atom is 0.174 e. The van der Waals surface area contributed by atoms with Crippen molar-refractivity contribution in [3.05, 3.63) is 78.5 Å². The number of pyridine rings is 1. The van der Waals surface area contributed by atoms with Crippen molar-refractivity contribution in [1.29, 1.82) is 0 Å². The first-order chi connectivity index (χ1) is 12.3. The van der Waals surface area contributed by atoms with E-state index < -0.39 is 0 Å². The van der Waals surface area contributed by atoms with Gasteiger partial charge in [0.25, 0.3) is 0 Å². The first kappa shape index (κ1) is 15.7. The highest BCUT2D eigenvalue weighted by molar-refractivity contribution is 7.80. The van der Waals surface area contributed by atoms with Gasteiger partial charge in [0.2, 0.25) is 0 Å². The molecule has 6 heteroatoms. The summed E-state index contributed by atoms with van der Waals surface area (Å²) in [5.74, 6) is 1.57. The highest BCUT2D eigenvalue weighted by atomic mass is 32.1. The van der Waals surface area contributed by atoms with E-state index in [0.717, 1.165) is 22.9 Å². The maximum atomic E-state index is 5.73. The molecule has 3 aromatic rings. The predicted molar refractivity (Wildman–Crippen MR) is 99.6 cm³/mol. The first-order valence-electron chi connectivity index (χ1n) is 7.96. The maximum absolute atomic E-state index is 5.73. The SMILES string of the molecule is COc1ccccc1N1C(=S)N[C@H](c2ccccn2)[C@H]1c1ccco1. The number of nitrogens with one attached hydrogen (secondary N) is 1. The van der Waals surface area contributed by atoms with Crippen molar-refractivity contribution in [2.24, 2.45) is 0 Å². The Morgan fingerprint density at radius 3 is 2.68 bits per heavy atom. The van der Waals surface area contributed by atoms with E-state index in [9.17, 15) is 0 Å². The fourth-order valence-electron chi connectivity index (χ4n) is 3.19. The Morgan fingerprint density at radius 1 is 1.12 bits per heavy atom. The lowest BCUT2D eigenvalue weighted by molar-refractivity contribution is 0.408. The topological polar surface area (TPSA) is 50.5 Å². The predicted octanol–water partition coefficient (Wildman–Crippen LogP) is 3.86. The van der Waals surface area contributed by atoms with Crippen molar-refractivity contribution in [3.8, 4) is 5.75 Å². The largest absolute Gasteiger partial charge is 0.495 e. The van der Waals surface area contributed by atoms with Crippen molar-refractivity contribution in [2.45, 2.75) is 12.1 Å². The zero-order valence-corrected chi connectivity index (χ0v) is 14.4. The summed E-state index contributed by atoms with van der Waals surface area (Å²) < 4.78 is 11.3. The van der Waals surface area contributed by atoms with E-state index in [2.05, 4.69) is 10.3 Å². The van der Waals surface area contributed by atoms with Crippen LogP contribution in [-0.4, -0.2) is 17.2 Å². The van der Waals surface area contributed by atoms with Crippen molar-refractivity contribution in [2.75, 3.05) is 12.0 Å². The van der Waals surface area contributed by atoms with E-state index in [4.69, 9.17) is 21.4 Å². The fourth-order valence-corrected chi connectivity index (χ4v) is 3.53. The molecule has 0 saturated carbocycles. The van der Waals surface area contributed by atoms with Gasteiger partial charge in [-0.05, 0) is 48.6 Å². The highest BCUT2D eigenvalue weighted by Crippen LogP contribution is 2.44. The number of nitrogens with zero attached hydrogens (tertiary/aromatic N) is 2. The third kappa shape index (κ3) is 2.74. The second kappa shape index (κ2) is 6.57. The van der Waals surface area contributed by atoms with E-state index in [0.29, 0.717) is 5.11 Å². The van der Waals surface area contributed by atoms with Crippen LogP contribution in [0.1, 0.15) is 23.5 Å². The minimum Gasteiger partial charge on any atom is -0.495 e. The number of para-hydroxylation sites is 2. The monoisotopic (exact) mass is 351 g/mol. The lowest BCUT2D eigenvalue weighted by Crippen LogP contribution is -2.29. The molecule has 0 unspecified atom stereocenters. The van der Waals surface area contributed by atoms with E-state index in [1.807, 2.05) is 59.5 Å². The molecule has 0 aliphatic carbocycles. The molecule has 1 aliphatic rings. The zero-order chi connectivity index (χ0) is 17.2. The summed E-state index contributed by atoms with van der Waals surface area (Å²) in [6.45, 7) is 0. The Hall–Kier alpha value is -2.86. The van der Waals surface area contributed by atoms with Gasteiger partial charge in [-0.2, -0.15) is 0 Å². The van der Waals surface area contributed by atoms with Gasteiger partial charge in [0.05, 0.1) is 30.8 Å². The minimum absolute atomic E-state index is 0.121. The second-order valence-electron chi connectivity index (χ2n) is 5.68. The number of hydrogen-bond donors (Lipinski definition) is 1. The molecular weight excluding hydrogens is 334 g/mol. The highest BCUT2D eigenvalue weighted by Gasteiger charge is 2.43. The van der Waals surface area contributed by atoms with Gasteiger partial charge in [0, 0.05) is 6.20 Å². The van der Waals surface area contributed by atoms with E-state index in [-0.39, 0.29) is 12.1 Å². The summed E-state index contributed by atoms with van der Waals surface area (Å²) in [7, 11) is 1.66. The van der Waals surface area contributed by atoms with Gasteiger partial charge in [0.15, 0.2) is 5.11 Å². The van der Waals surface area contributed by atoms with Gasteiger partial charge in [0.1, 0.15) is 17.6 Å². The molecule has 4 rings (SSSR count). The number of furan rings is 1. The lowest BCUT2D eigenvalue weighted by atomic mass is 10.0. The summed E-state index contributed by atoms with van der Waals surface area (Å²) in [6.07, 6.45) is 3.46. The Kier molecular flexibility index (Phi) is 4.11. The van der Waals surface area contributed by atoms with E-state index >= 15 is 0 Å². The van der Waals surface area contributed by atoms with Crippen LogP contribution in [0.4, 0.5) is 5.69 Å². The van der Waals surface area contributed by atoms with Crippen molar-refractivity contribution >= 4 is 23.0 Å². The molecule has 0 amide bonds. The fraction of sp³-hybridized carbons (Fsp3) is 0.158. The van der Waals surface area contributed by atoms with Crippen molar-refractivity contribution in [3.63, 3.8) is 0 Å². The molecule has 0 radical (unpaired) electrons. The van der Waals surface area contributed by atoms with Crippen LogP contribution in [-0.2, 0) is 0 Å². The molecule has 1 aromatic carbocycles. The van der Waals surface area contributed by atoms with Crippen LogP contribution in [0.3, 0.4) is 0 Å². The van der Waals surface area contributed by atoms with E-state index in [1.165, 1.54) is 0 Å². The van der Waals surface area contributed by atoms with Gasteiger partial charge in [-0.1, -0.05) is 18.2 Å². The normalized spacial score (nSPS) is 19.7. The Labute approximate surface area is 151 Å². The summed E-state index contributed by atoms with van der Waals surface area (Å²) >= 11 is 5.65. The molecule has 2 atom stereocenters. The molecule has 25 heavy (non-hydrogen) atoms. The third-order valence-electron chi connectivity index (χ3n) is 4.28. The molecule has 0 spiro atoms. The number of thiocarbonyl (C=S) groups is 1. The first-order valence-corrected chi connectivity index (χ1v) is 8.37. The van der Waals surface area contributed by atoms with Crippen molar-refractivity contribution in [1.82, 2.24) is 10.3 Å². The van der Waals surface area contributed by atoms with Gasteiger partial charge >= 0.3 is 0 Å². The average Bonchev–Trinajstić information content (AvgIpc) is 3.30. The third-order valence-corrected chi connectivity index (χ3v) is 4.59. The number of anilines is 1. The van der Waals surface area contributed by atoms with Crippen LogP contribution in [0.15, 0.2) is 71.5 Å². The number of methoxy groups -OCH3 is 1. The molecule has 1 saturated heterocycles. The number of hydrogen-bond acceptors (Lipinski definition) is 4. The van der Waals surface area contributed by atoms with Crippen LogP contribution in [0.2, 0.25) is 0 Å². The number of ether oxygens (including phenoxy) is 1. The average molecular weight is 351 g/mol. The van der Waals surface area contributed by atoms with E-state index in [1.54, 1.807) is 19.6 Å². The molecule has 5 nitrogen and oxygen atoms in total. The van der Waals surface area contributed by atoms with Crippen LogP contribution in [0, 0.1) is 0 Å². The van der Waals surface area contributed by atoms with Gasteiger partial charge in [-0.25, -0.2) is 0 Å². The molecule has 3 heterocycles. The Morgan fingerprint density at radius 2 is 1.96 bits per heavy atom. The molecule has 1 aliphatic heterocycles. The van der Waals surface area contributed by atoms with Gasteiger partial charge in [-0.3, -0.25) is 4.98 Å². The molecule has 126 valence electrons. The lowest BCUT2D eigenvalue weighted by Gasteiger charge is -2.27. The smallest absolute Gasteiger partial charge is 0.174 e. The summed E-state index contributed by atoms with van der Waals surface area (Å²) in [5.41, 5.74) is 1.80. The van der Waals surface area contributed by atoms with Crippen LogP contribution in [0.25, 0.3) is 0 Å². The quantitative estimate of drug-likeness (QED) is 0.721. The Balaban J connectivity index is 1.84. The van der Waals surface area contributed by atoms with Crippen molar-refractivity contribution < 1.29 is 9.15 Å². The zero-order valence-electron chi connectivity index (χ0n) is 13.6. The molecule has 1 fully saturated rings. The van der Waals surface area contributed by atoms with Crippen LogP contribution in [0.5, 0.6) is 5.75 Å². The molecular formula is C19H17N3O2S. The second-order valence-corrected chi connectivity index (χ2v) is 6.07. The summed E-state index contributed by atoms with van der Waals surface area (Å²) in [4.78, 5) is 6.54. The van der Waals surface area contributed by atoms with Gasteiger partial charge < -0.3 is 19.4 Å². The van der Waals surface area contributed by atoms with Gasteiger partial charge in [-0.15, -0.1) is 0 Å². The van der Waals surface area contributed by atoms with Crippen LogP contribution >= 0.6 is 12.2 Å². The number of benzene rings is 1. The van der Waals surface area contributed by atoms with Crippen LogP contribution < -0.4 is 15.0 Å². The number of aromatic nitrogens is 1. The minimum atomic E-state index is -0.159. The molecule has 1 N–H and O–H groups in total. The summed E-state index contributed by atoms with van der Waals surface area (Å²) in [5, 5.41) is 4.00. The molecule has 2 aromatic heterocycles. The molecule has 0 bridgehead atoms.